The first-order valence-corrected chi connectivity index (χ1v) is 7.10. The second-order valence-corrected chi connectivity index (χ2v) is 5.66. The summed E-state index contributed by atoms with van der Waals surface area (Å²) in [5.41, 5.74) is -0.141. The molecule has 3 nitrogen and oxygen atoms in total. The standard InChI is InChI=1S/C12H22BrNO2/c1-12(6-3-4-7-12)11(15)14-10(5-8-13)9-16-2/h10H,3-9H2,1-2H3,(H,14,15). The van der Waals surface area contributed by atoms with Crippen molar-refractivity contribution in [3.8, 4) is 0 Å². The Labute approximate surface area is 106 Å². The Kier molecular flexibility index (Phi) is 5.76. The molecule has 1 aliphatic rings. The smallest absolute Gasteiger partial charge is 0.226 e. The van der Waals surface area contributed by atoms with Crippen LogP contribution in [-0.2, 0) is 9.53 Å². The summed E-state index contributed by atoms with van der Waals surface area (Å²) in [5.74, 6) is 0.202. The van der Waals surface area contributed by atoms with Crippen molar-refractivity contribution in [1.29, 1.82) is 0 Å². The third-order valence-corrected chi connectivity index (χ3v) is 3.87. The van der Waals surface area contributed by atoms with Crippen molar-refractivity contribution in [2.24, 2.45) is 5.41 Å². The number of hydrogen-bond acceptors (Lipinski definition) is 2. The van der Waals surface area contributed by atoms with Crippen LogP contribution in [0.3, 0.4) is 0 Å². The zero-order valence-electron chi connectivity index (χ0n) is 10.2. The van der Waals surface area contributed by atoms with Crippen LogP contribution in [0.5, 0.6) is 0 Å². The van der Waals surface area contributed by atoms with E-state index in [-0.39, 0.29) is 17.4 Å². The number of ether oxygens (including phenoxy) is 1. The monoisotopic (exact) mass is 291 g/mol. The molecule has 0 aromatic heterocycles. The summed E-state index contributed by atoms with van der Waals surface area (Å²) < 4.78 is 5.12. The zero-order chi connectivity index (χ0) is 12.0. The molecule has 16 heavy (non-hydrogen) atoms. The average molecular weight is 292 g/mol. The van der Waals surface area contributed by atoms with E-state index in [1.54, 1.807) is 7.11 Å². The Bertz CT molecular complexity index is 221. The van der Waals surface area contributed by atoms with Gasteiger partial charge in [-0.1, -0.05) is 35.7 Å². The first-order chi connectivity index (χ1) is 7.62. The van der Waals surface area contributed by atoms with Crippen molar-refractivity contribution in [3.05, 3.63) is 0 Å². The largest absolute Gasteiger partial charge is 0.383 e. The predicted octanol–water partition coefficient (Wildman–Crippen LogP) is 2.48. The first-order valence-electron chi connectivity index (χ1n) is 5.98. The van der Waals surface area contributed by atoms with Gasteiger partial charge in [0.05, 0.1) is 12.6 Å². The molecule has 1 unspecified atom stereocenters. The quantitative estimate of drug-likeness (QED) is 0.764. The SMILES string of the molecule is COCC(CCBr)NC(=O)C1(C)CCCC1. The zero-order valence-corrected chi connectivity index (χ0v) is 11.8. The first kappa shape index (κ1) is 14.0. The lowest BCUT2D eigenvalue weighted by atomic mass is 9.87. The number of amides is 1. The van der Waals surface area contributed by atoms with Crippen molar-refractivity contribution in [2.45, 2.75) is 45.1 Å². The van der Waals surface area contributed by atoms with Crippen molar-refractivity contribution >= 4 is 21.8 Å². The van der Waals surface area contributed by atoms with Crippen LogP contribution < -0.4 is 5.32 Å². The number of hydrogen-bond donors (Lipinski definition) is 1. The topological polar surface area (TPSA) is 38.3 Å². The van der Waals surface area contributed by atoms with Gasteiger partial charge in [0.15, 0.2) is 0 Å². The lowest BCUT2D eigenvalue weighted by molar-refractivity contribution is -0.131. The second-order valence-electron chi connectivity index (χ2n) is 4.87. The van der Waals surface area contributed by atoms with Gasteiger partial charge < -0.3 is 10.1 Å². The maximum atomic E-state index is 12.1. The molecule has 1 amide bonds. The highest BCUT2D eigenvalue weighted by molar-refractivity contribution is 9.09. The highest BCUT2D eigenvalue weighted by Crippen LogP contribution is 2.37. The molecule has 0 heterocycles. The third kappa shape index (κ3) is 3.74. The second kappa shape index (κ2) is 6.60. The summed E-state index contributed by atoms with van der Waals surface area (Å²) in [6.07, 6.45) is 5.31. The van der Waals surface area contributed by atoms with Crippen LogP contribution in [0.4, 0.5) is 0 Å². The van der Waals surface area contributed by atoms with Crippen molar-refractivity contribution in [2.75, 3.05) is 19.0 Å². The van der Waals surface area contributed by atoms with Gasteiger partial charge in [-0.25, -0.2) is 0 Å². The Balaban J connectivity index is 2.46. The van der Waals surface area contributed by atoms with Gasteiger partial charge in [-0.2, -0.15) is 0 Å². The summed E-state index contributed by atoms with van der Waals surface area (Å²) in [7, 11) is 1.67. The molecule has 0 aromatic carbocycles. The summed E-state index contributed by atoms with van der Waals surface area (Å²) in [5, 5.41) is 3.99. The fourth-order valence-electron chi connectivity index (χ4n) is 2.27. The van der Waals surface area contributed by atoms with Gasteiger partial charge >= 0.3 is 0 Å². The highest BCUT2D eigenvalue weighted by atomic mass is 79.9. The van der Waals surface area contributed by atoms with Gasteiger partial charge in [0.1, 0.15) is 0 Å². The van der Waals surface area contributed by atoms with Gasteiger partial charge in [0.2, 0.25) is 5.91 Å². The molecule has 1 atom stereocenters. The molecule has 1 rings (SSSR count). The van der Waals surface area contributed by atoms with Gasteiger partial charge in [-0.3, -0.25) is 4.79 Å². The Morgan fingerprint density at radius 1 is 1.50 bits per heavy atom. The van der Waals surface area contributed by atoms with E-state index in [0.717, 1.165) is 24.6 Å². The van der Waals surface area contributed by atoms with Crippen molar-refractivity contribution in [3.63, 3.8) is 0 Å². The Morgan fingerprint density at radius 2 is 2.12 bits per heavy atom. The summed E-state index contributed by atoms with van der Waals surface area (Å²) in [4.78, 5) is 12.1. The summed E-state index contributed by atoms with van der Waals surface area (Å²) in [6, 6.07) is 0.134. The van der Waals surface area contributed by atoms with Crippen molar-refractivity contribution < 1.29 is 9.53 Å². The van der Waals surface area contributed by atoms with Crippen LogP contribution >= 0.6 is 15.9 Å². The van der Waals surface area contributed by atoms with Crippen LogP contribution in [-0.4, -0.2) is 31.0 Å². The van der Waals surface area contributed by atoms with Gasteiger partial charge in [-0.05, 0) is 19.3 Å². The highest BCUT2D eigenvalue weighted by Gasteiger charge is 2.36. The molecule has 0 saturated heterocycles. The number of carbonyl (C=O) groups excluding carboxylic acids is 1. The minimum absolute atomic E-state index is 0.134. The summed E-state index contributed by atoms with van der Waals surface area (Å²) in [6.45, 7) is 2.67. The molecule has 1 fully saturated rings. The van der Waals surface area contributed by atoms with E-state index in [9.17, 15) is 4.79 Å². The molecule has 1 N–H and O–H groups in total. The number of nitrogens with one attached hydrogen (secondary N) is 1. The Morgan fingerprint density at radius 3 is 2.62 bits per heavy atom. The maximum absolute atomic E-state index is 12.1. The lowest BCUT2D eigenvalue weighted by Gasteiger charge is -2.26. The van der Waals surface area contributed by atoms with Gasteiger partial charge in [0, 0.05) is 17.9 Å². The fourth-order valence-corrected chi connectivity index (χ4v) is 2.82. The maximum Gasteiger partial charge on any atom is 0.226 e. The van der Waals surface area contributed by atoms with Crippen LogP contribution in [0.25, 0.3) is 0 Å². The lowest BCUT2D eigenvalue weighted by Crippen LogP contribution is -2.45. The number of methoxy groups -OCH3 is 1. The normalized spacial score (nSPS) is 20.7. The number of alkyl halides is 1. The van der Waals surface area contributed by atoms with E-state index in [1.165, 1.54) is 12.8 Å². The minimum atomic E-state index is -0.141. The average Bonchev–Trinajstić information content (AvgIpc) is 2.67. The van der Waals surface area contributed by atoms with Crippen LogP contribution in [0.1, 0.15) is 39.0 Å². The van der Waals surface area contributed by atoms with Crippen LogP contribution in [0.15, 0.2) is 0 Å². The number of carbonyl (C=O) groups is 1. The molecule has 1 saturated carbocycles. The molecule has 0 spiro atoms. The van der Waals surface area contributed by atoms with E-state index < -0.39 is 0 Å². The molecular weight excluding hydrogens is 270 g/mol. The van der Waals surface area contributed by atoms with E-state index in [2.05, 4.69) is 28.2 Å². The van der Waals surface area contributed by atoms with Gasteiger partial charge in [0.25, 0.3) is 0 Å². The molecule has 0 radical (unpaired) electrons. The third-order valence-electron chi connectivity index (χ3n) is 3.42. The molecule has 0 bridgehead atoms. The summed E-state index contributed by atoms with van der Waals surface area (Å²) >= 11 is 3.40. The minimum Gasteiger partial charge on any atom is -0.383 e. The van der Waals surface area contributed by atoms with Crippen molar-refractivity contribution in [1.82, 2.24) is 5.32 Å². The molecule has 0 aromatic rings. The van der Waals surface area contributed by atoms with Crippen LogP contribution in [0.2, 0.25) is 0 Å². The van der Waals surface area contributed by atoms with Crippen LogP contribution in [0, 0.1) is 5.41 Å². The van der Waals surface area contributed by atoms with E-state index in [1.807, 2.05) is 0 Å². The van der Waals surface area contributed by atoms with Gasteiger partial charge in [-0.15, -0.1) is 0 Å². The molecular formula is C12H22BrNO2. The van der Waals surface area contributed by atoms with E-state index in [0.29, 0.717) is 6.61 Å². The fraction of sp³-hybridized carbons (Fsp3) is 0.917. The molecule has 0 aliphatic heterocycles. The number of halogens is 1. The molecule has 4 heteroatoms. The Hall–Kier alpha value is -0.0900. The predicted molar refractivity (Wildman–Crippen MR) is 68.8 cm³/mol. The van der Waals surface area contributed by atoms with E-state index >= 15 is 0 Å². The molecule has 1 aliphatic carbocycles. The number of rotatable bonds is 6. The molecule has 94 valence electrons. The van der Waals surface area contributed by atoms with E-state index in [4.69, 9.17) is 4.74 Å².